The third-order valence-electron chi connectivity index (χ3n) is 3.74. The molecule has 0 saturated carbocycles. The maximum Gasteiger partial charge on any atom is 0.244 e. The summed E-state index contributed by atoms with van der Waals surface area (Å²) in [6, 6.07) is 12.2. The normalized spacial score (nSPS) is 16.0. The van der Waals surface area contributed by atoms with Gasteiger partial charge in [0.25, 0.3) is 0 Å². The van der Waals surface area contributed by atoms with Crippen molar-refractivity contribution in [3.05, 3.63) is 47.7 Å². The van der Waals surface area contributed by atoms with Gasteiger partial charge in [0.1, 0.15) is 15.8 Å². The number of benzene rings is 2. The van der Waals surface area contributed by atoms with Crippen LogP contribution < -0.4 is 4.74 Å². The van der Waals surface area contributed by atoms with Crippen molar-refractivity contribution in [2.24, 2.45) is 4.99 Å². The fourth-order valence-corrected chi connectivity index (χ4v) is 3.75. The van der Waals surface area contributed by atoms with Crippen LogP contribution in [0.3, 0.4) is 0 Å². The molecule has 0 unspecified atom stereocenters. The van der Waals surface area contributed by atoms with Gasteiger partial charge in [-0.05, 0) is 47.4 Å². The third kappa shape index (κ3) is 3.68. The summed E-state index contributed by atoms with van der Waals surface area (Å²) in [5, 5.41) is 2.19. The number of unbranched alkanes of at least 4 members (excludes halogenated alkanes) is 1. The van der Waals surface area contributed by atoms with Gasteiger partial charge >= 0.3 is 0 Å². The van der Waals surface area contributed by atoms with Crippen molar-refractivity contribution in [1.82, 2.24) is 0 Å². The summed E-state index contributed by atoms with van der Waals surface area (Å²) in [5.74, 6) is 0.806. The Morgan fingerprint density at radius 3 is 2.83 bits per heavy atom. The van der Waals surface area contributed by atoms with Crippen molar-refractivity contribution in [3.8, 4) is 5.75 Å². The van der Waals surface area contributed by atoms with Crippen molar-refractivity contribution in [3.63, 3.8) is 0 Å². The lowest BCUT2D eigenvalue weighted by molar-refractivity contribution is -0.107. The predicted molar refractivity (Wildman–Crippen MR) is 106 cm³/mol. The smallest absolute Gasteiger partial charge is 0.244 e. The van der Waals surface area contributed by atoms with Crippen LogP contribution in [0.1, 0.15) is 25.3 Å². The van der Waals surface area contributed by atoms with E-state index < -0.39 is 0 Å². The molecule has 0 saturated heterocycles. The van der Waals surface area contributed by atoms with Crippen LogP contribution in [0, 0.1) is 0 Å². The van der Waals surface area contributed by atoms with E-state index in [1.54, 1.807) is 0 Å². The Morgan fingerprint density at radius 2 is 2.08 bits per heavy atom. The fraction of sp³-hybridized carbons (Fsp3) is 0.263. The van der Waals surface area contributed by atoms with Crippen molar-refractivity contribution in [2.75, 3.05) is 12.9 Å². The molecule has 0 atom stereocenters. The van der Waals surface area contributed by atoms with Gasteiger partial charge in [0.2, 0.25) is 5.12 Å². The van der Waals surface area contributed by atoms with E-state index in [9.17, 15) is 4.79 Å². The summed E-state index contributed by atoms with van der Waals surface area (Å²) < 4.78 is 6.76. The van der Waals surface area contributed by atoms with E-state index in [-0.39, 0.29) is 5.12 Å². The Bertz CT molecular complexity index is 827. The quantitative estimate of drug-likeness (QED) is 0.534. The van der Waals surface area contributed by atoms with E-state index in [2.05, 4.69) is 30.1 Å². The zero-order chi connectivity index (χ0) is 16.9. The molecule has 2 aromatic rings. The Balaban J connectivity index is 2.08. The molecule has 124 valence electrons. The van der Waals surface area contributed by atoms with Gasteiger partial charge in [0.05, 0.1) is 6.61 Å². The number of rotatable bonds is 5. The summed E-state index contributed by atoms with van der Waals surface area (Å²) in [6.45, 7) is 2.81. The topological polar surface area (TPSA) is 38.7 Å². The fourth-order valence-electron chi connectivity index (χ4n) is 2.49. The maximum atomic E-state index is 12.2. The first-order valence-electron chi connectivity index (χ1n) is 7.94. The second-order valence-corrected chi connectivity index (χ2v) is 7.42. The second kappa shape index (κ2) is 7.90. The number of ether oxygens (including phenoxy) is 1. The number of hydrogen-bond donors (Lipinski definition) is 0. The van der Waals surface area contributed by atoms with Crippen LogP contribution >= 0.6 is 23.5 Å². The Morgan fingerprint density at radius 1 is 1.25 bits per heavy atom. The average molecular weight is 358 g/mol. The van der Waals surface area contributed by atoms with Gasteiger partial charge in [-0.3, -0.25) is 4.79 Å². The highest BCUT2D eigenvalue weighted by atomic mass is 32.2. The van der Waals surface area contributed by atoms with E-state index >= 15 is 0 Å². The maximum absolute atomic E-state index is 12.2. The largest absolute Gasteiger partial charge is 0.493 e. The molecule has 0 fully saturated rings. The number of carbonyl (C=O) groups is 1. The first kappa shape index (κ1) is 17.1. The van der Waals surface area contributed by atoms with Crippen molar-refractivity contribution in [2.45, 2.75) is 19.8 Å². The number of aliphatic imine (C=N–C) groups is 1. The molecule has 1 aliphatic rings. The molecule has 0 spiro atoms. The first-order chi connectivity index (χ1) is 11.7. The molecule has 3 rings (SSSR count). The summed E-state index contributed by atoms with van der Waals surface area (Å²) in [5.41, 5.74) is 1.42. The standard InChI is InChI=1S/C19H19NO2S2/c1-3-4-11-22-17-10-9-13-7-5-6-8-14(13)15(17)12-16-18(21)24-19(20-16)23-2/h5-10,12H,3-4,11H2,1-2H3/b16-12-. The summed E-state index contributed by atoms with van der Waals surface area (Å²) in [4.78, 5) is 16.6. The summed E-state index contributed by atoms with van der Waals surface area (Å²) in [7, 11) is 0. The predicted octanol–water partition coefficient (Wildman–Crippen LogP) is 5.35. The zero-order valence-electron chi connectivity index (χ0n) is 13.7. The second-order valence-electron chi connectivity index (χ2n) is 5.40. The van der Waals surface area contributed by atoms with Crippen LogP contribution in [-0.4, -0.2) is 22.4 Å². The lowest BCUT2D eigenvalue weighted by Gasteiger charge is -2.12. The van der Waals surface area contributed by atoms with Gasteiger partial charge in [0, 0.05) is 5.56 Å². The van der Waals surface area contributed by atoms with Gasteiger partial charge in [-0.15, -0.1) is 11.8 Å². The first-order valence-corrected chi connectivity index (χ1v) is 9.98. The van der Waals surface area contributed by atoms with Crippen molar-refractivity contribution >= 4 is 49.9 Å². The van der Waals surface area contributed by atoms with Crippen LogP contribution in [0.5, 0.6) is 5.75 Å². The lowest BCUT2D eigenvalue weighted by atomic mass is 10.0. The monoisotopic (exact) mass is 357 g/mol. The Hall–Kier alpha value is -1.72. The molecule has 1 aliphatic heterocycles. The summed E-state index contributed by atoms with van der Waals surface area (Å²) in [6.07, 6.45) is 5.88. The SMILES string of the molecule is CCCCOc1ccc2ccccc2c1/C=C1\N=C(SC)SC1=O. The summed E-state index contributed by atoms with van der Waals surface area (Å²) >= 11 is 2.69. The molecule has 2 aromatic carbocycles. The number of fused-ring (bicyclic) bond motifs is 1. The average Bonchev–Trinajstić information content (AvgIpc) is 2.97. The molecule has 3 nitrogen and oxygen atoms in total. The Labute approximate surface area is 150 Å². The van der Waals surface area contributed by atoms with E-state index in [0.717, 1.165) is 39.3 Å². The van der Waals surface area contributed by atoms with E-state index in [1.807, 2.05) is 30.5 Å². The molecule has 0 amide bonds. The molecule has 24 heavy (non-hydrogen) atoms. The van der Waals surface area contributed by atoms with Crippen LogP contribution in [0.15, 0.2) is 47.1 Å². The molecular weight excluding hydrogens is 338 g/mol. The highest BCUT2D eigenvalue weighted by Crippen LogP contribution is 2.34. The molecule has 1 heterocycles. The van der Waals surface area contributed by atoms with Crippen LogP contribution in [0.4, 0.5) is 0 Å². The number of hydrogen-bond acceptors (Lipinski definition) is 5. The van der Waals surface area contributed by atoms with Crippen LogP contribution in [0.2, 0.25) is 0 Å². The number of thioether (sulfide) groups is 2. The molecule has 0 bridgehead atoms. The molecule has 5 heteroatoms. The number of nitrogens with zero attached hydrogens (tertiary/aromatic N) is 1. The van der Waals surface area contributed by atoms with Gasteiger partial charge in [-0.25, -0.2) is 4.99 Å². The van der Waals surface area contributed by atoms with Crippen LogP contribution in [0.25, 0.3) is 16.8 Å². The van der Waals surface area contributed by atoms with Crippen molar-refractivity contribution < 1.29 is 9.53 Å². The minimum atomic E-state index is -0.00760. The van der Waals surface area contributed by atoms with E-state index in [0.29, 0.717) is 12.3 Å². The lowest BCUT2D eigenvalue weighted by Crippen LogP contribution is -1.99. The van der Waals surface area contributed by atoms with Gasteiger partial charge in [0.15, 0.2) is 0 Å². The Kier molecular flexibility index (Phi) is 5.63. The zero-order valence-corrected chi connectivity index (χ0v) is 15.4. The molecular formula is C19H19NO2S2. The van der Waals surface area contributed by atoms with Gasteiger partial charge in [-0.1, -0.05) is 43.7 Å². The minimum Gasteiger partial charge on any atom is -0.493 e. The third-order valence-corrected chi connectivity index (χ3v) is 5.59. The molecule has 0 N–H and O–H groups in total. The molecule has 0 aliphatic carbocycles. The molecule has 0 aromatic heterocycles. The molecule has 0 radical (unpaired) electrons. The van der Waals surface area contributed by atoms with Gasteiger partial charge < -0.3 is 4.74 Å². The van der Waals surface area contributed by atoms with Crippen molar-refractivity contribution in [1.29, 1.82) is 0 Å². The van der Waals surface area contributed by atoms with E-state index in [1.165, 1.54) is 23.5 Å². The highest BCUT2D eigenvalue weighted by molar-refractivity contribution is 8.45. The van der Waals surface area contributed by atoms with Crippen LogP contribution in [-0.2, 0) is 4.79 Å². The number of carbonyl (C=O) groups excluding carboxylic acids is 1. The van der Waals surface area contributed by atoms with Gasteiger partial charge in [-0.2, -0.15) is 0 Å². The highest BCUT2D eigenvalue weighted by Gasteiger charge is 2.22. The minimum absolute atomic E-state index is 0.00760. The van der Waals surface area contributed by atoms with E-state index in [4.69, 9.17) is 4.74 Å².